The van der Waals surface area contributed by atoms with Crippen LogP contribution in [0.15, 0.2) is 0 Å². The van der Waals surface area contributed by atoms with Crippen molar-refractivity contribution in [1.82, 2.24) is 5.32 Å². The maximum atomic E-state index is 12.2. The summed E-state index contributed by atoms with van der Waals surface area (Å²) in [5.74, 6) is -3.99. The average molecular weight is 203 g/mol. The van der Waals surface area contributed by atoms with Gasteiger partial charge in [0.15, 0.2) is 0 Å². The quantitative estimate of drug-likeness (QED) is 0.503. The molecular weight excluding hydrogens is 190 g/mol. The van der Waals surface area contributed by atoms with E-state index in [1.54, 1.807) is 0 Å². The lowest BCUT2D eigenvalue weighted by molar-refractivity contribution is -0.125. The van der Waals surface area contributed by atoms with Crippen LogP contribution >= 0.6 is 0 Å². The second-order valence-corrected chi connectivity index (χ2v) is 2.88. The highest BCUT2D eigenvalue weighted by Crippen LogP contribution is 2.21. The van der Waals surface area contributed by atoms with E-state index in [1.807, 2.05) is 0 Å². The Morgan fingerprint density at radius 3 is 2.31 bits per heavy atom. The van der Waals surface area contributed by atoms with Crippen molar-refractivity contribution in [3.63, 3.8) is 0 Å². The molecule has 0 radical (unpaired) electrons. The Morgan fingerprint density at radius 1 is 1.38 bits per heavy atom. The van der Waals surface area contributed by atoms with E-state index >= 15 is 0 Å². The number of aliphatic hydroxyl groups excluding tert-OH is 1. The molecule has 80 valence electrons. The van der Waals surface area contributed by atoms with Gasteiger partial charge in [-0.3, -0.25) is 0 Å². The van der Waals surface area contributed by atoms with Crippen molar-refractivity contribution in [1.29, 1.82) is 0 Å². The first-order valence-corrected chi connectivity index (χ1v) is 3.91. The molecule has 1 unspecified atom stereocenters. The third-order valence-corrected chi connectivity index (χ3v) is 1.42. The fourth-order valence-electron chi connectivity index (χ4n) is 0.643. The van der Waals surface area contributed by atoms with E-state index in [9.17, 15) is 17.6 Å². The van der Waals surface area contributed by atoms with Crippen LogP contribution in [0.25, 0.3) is 0 Å². The second kappa shape index (κ2) is 5.39. The van der Waals surface area contributed by atoms with Crippen LogP contribution in [0.4, 0.5) is 17.6 Å². The fraction of sp³-hybridized carbons (Fsp3) is 1.00. The summed E-state index contributed by atoms with van der Waals surface area (Å²) >= 11 is 0. The molecular formula is C7H13F4NO. The highest BCUT2D eigenvalue weighted by molar-refractivity contribution is 4.72. The van der Waals surface area contributed by atoms with E-state index in [0.29, 0.717) is 0 Å². The maximum Gasteiger partial charge on any atom is 0.319 e. The van der Waals surface area contributed by atoms with Gasteiger partial charge in [0, 0.05) is 0 Å². The van der Waals surface area contributed by atoms with Crippen LogP contribution in [-0.4, -0.2) is 36.6 Å². The number of alkyl halides is 4. The smallest absolute Gasteiger partial charge is 0.319 e. The Kier molecular flexibility index (Phi) is 5.24. The largest absolute Gasteiger partial charge is 0.393 e. The van der Waals surface area contributed by atoms with E-state index in [4.69, 9.17) is 5.11 Å². The molecule has 0 amide bonds. The van der Waals surface area contributed by atoms with E-state index in [2.05, 4.69) is 5.32 Å². The Bertz CT molecular complexity index is 140. The number of hydrogen-bond acceptors (Lipinski definition) is 2. The maximum absolute atomic E-state index is 12.2. The SMILES string of the molecule is CC(O)CCNCC(F)(F)C(F)F. The van der Waals surface area contributed by atoms with Crippen LogP contribution in [0.2, 0.25) is 0 Å². The topological polar surface area (TPSA) is 32.3 Å². The molecule has 0 rings (SSSR count). The minimum Gasteiger partial charge on any atom is -0.393 e. The number of nitrogens with one attached hydrogen (secondary N) is 1. The van der Waals surface area contributed by atoms with Gasteiger partial charge in [-0.15, -0.1) is 0 Å². The molecule has 0 aromatic heterocycles. The summed E-state index contributed by atoms with van der Waals surface area (Å²) in [5, 5.41) is 10.9. The van der Waals surface area contributed by atoms with Gasteiger partial charge in [0.25, 0.3) is 0 Å². The molecule has 0 heterocycles. The van der Waals surface area contributed by atoms with Gasteiger partial charge in [-0.2, -0.15) is 8.78 Å². The van der Waals surface area contributed by atoms with Gasteiger partial charge in [-0.1, -0.05) is 0 Å². The molecule has 0 fully saturated rings. The monoisotopic (exact) mass is 203 g/mol. The average Bonchev–Trinajstić information content (AvgIpc) is 1.97. The third-order valence-electron chi connectivity index (χ3n) is 1.42. The summed E-state index contributed by atoms with van der Waals surface area (Å²) in [6.45, 7) is 0.532. The van der Waals surface area contributed by atoms with Crippen molar-refractivity contribution in [2.45, 2.75) is 31.8 Å². The lowest BCUT2D eigenvalue weighted by atomic mass is 10.3. The first-order valence-electron chi connectivity index (χ1n) is 3.91. The van der Waals surface area contributed by atoms with Crippen LogP contribution in [0, 0.1) is 0 Å². The van der Waals surface area contributed by atoms with Crippen molar-refractivity contribution >= 4 is 0 Å². The first-order chi connectivity index (χ1) is 5.86. The van der Waals surface area contributed by atoms with Gasteiger partial charge in [0.2, 0.25) is 0 Å². The predicted octanol–water partition coefficient (Wildman–Crippen LogP) is 1.25. The van der Waals surface area contributed by atoms with E-state index < -0.39 is 25.0 Å². The molecule has 0 aromatic rings. The Morgan fingerprint density at radius 2 is 1.92 bits per heavy atom. The van der Waals surface area contributed by atoms with Crippen molar-refractivity contribution in [2.75, 3.05) is 13.1 Å². The van der Waals surface area contributed by atoms with Crippen LogP contribution in [-0.2, 0) is 0 Å². The van der Waals surface area contributed by atoms with Crippen LogP contribution < -0.4 is 5.32 Å². The zero-order chi connectivity index (χ0) is 10.5. The van der Waals surface area contributed by atoms with E-state index in [0.717, 1.165) is 0 Å². The number of aliphatic hydroxyl groups is 1. The van der Waals surface area contributed by atoms with Gasteiger partial charge in [-0.25, -0.2) is 8.78 Å². The Labute approximate surface area is 73.9 Å². The van der Waals surface area contributed by atoms with E-state index in [1.165, 1.54) is 6.92 Å². The zero-order valence-electron chi connectivity index (χ0n) is 7.24. The van der Waals surface area contributed by atoms with Gasteiger partial charge >= 0.3 is 12.3 Å². The molecule has 0 aromatic carbocycles. The number of rotatable bonds is 6. The van der Waals surface area contributed by atoms with Gasteiger partial charge in [0.1, 0.15) is 0 Å². The summed E-state index contributed by atoms with van der Waals surface area (Å²) in [5.41, 5.74) is 0. The van der Waals surface area contributed by atoms with Gasteiger partial charge < -0.3 is 10.4 Å². The van der Waals surface area contributed by atoms with Crippen LogP contribution in [0.1, 0.15) is 13.3 Å². The molecule has 6 heteroatoms. The molecule has 0 aliphatic heterocycles. The van der Waals surface area contributed by atoms with Crippen molar-refractivity contribution in [2.24, 2.45) is 0 Å². The summed E-state index contributed by atoms with van der Waals surface area (Å²) in [7, 11) is 0. The van der Waals surface area contributed by atoms with Gasteiger partial charge in [0.05, 0.1) is 12.6 Å². The minimum atomic E-state index is -3.99. The number of hydrogen-bond donors (Lipinski definition) is 2. The molecule has 2 nitrogen and oxygen atoms in total. The summed E-state index contributed by atoms with van der Waals surface area (Å²) in [4.78, 5) is 0. The molecule has 1 atom stereocenters. The lowest BCUT2D eigenvalue weighted by Crippen LogP contribution is -2.39. The molecule has 0 saturated carbocycles. The van der Waals surface area contributed by atoms with E-state index in [-0.39, 0.29) is 13.0 Å². The highest BCUT2D eigenvalue weighted by Gasteiger charge is 2.39. The normalized spacial score (nSPS) is 15.0. The van der Waals surface area contributed by atoms with Crippen molar-refractivity contribution in [3.8, 4) is 0 Å². The molecule has 2 N–H and O–H groups in total. The molecule has 0 aliphatic rings. The third kappa shape index (κ3) is 5.81. The second-order valence-electron chi connectivity index (χ2n) is 2.88. The standard InChI is InChI=1S/C7H13F4NO/c1-5(13)2-3-12-4-7(10,11)6(8)9/h5-6,12-13H,2-4H2,1H3. The molecule has 0 spiro atoms. The zero-order valence-corrected chi connectivity index (χ0v) is 7.24. The number of halogens is 4. The predicted molar refractivity (Wildman–Crippen MR) is 40.1 cm³/mol. The van der Waals surface area contributed by atoms with Crippen molar-refractivity contribution in [3.05, 3.63) is 0 Å². The summed E-state index contributed by atoms with van der Waals surface area (Å²) < 4.78 is 47.5. The molecule has 13 heavy (non-hydrogen) atoms. The van der Waals surface area contributed by atoms with Gasteiger partial charge in [-0.05, 0) is 19.9 Å². The summed E-state index contributed by atoms with van der Waals surface area (Å²) in [6, 6.07) is 0. The Balaban J connectivity index is 3.52. The van der Waals surface area contributed by atoms with Crippen LogP contribution in [0.3, 0.4) is 0 Å². The fourth-order valence-corrected chi connectivity index (χ4v) is 0.643. The lowest BCUT2D eigenvalue weighted by Gasteiger charge is -2.15. The Hall–Kier alpha value is -0.360. The molecule has 0 bridgehead atoms. The first kappa shape index (κ1) is 12.6. The van der Waals surface area contributed by atoms with Crippen LogP contribution in [0.5, 0.6) is 0 Å². The molecule has 0 aliphatic carbocycles. The summed E-state index contributed by atoms with van der Waals surface area (Å²) in [6.07, 6.45) is -4.00. The molecule has 0 saturated heterocycles. The highest BCUT2D eigenvalue weighted by atomic mass is 19.3. The van der Waals surface area contributed by atoms with Crippen molar-refractivity contribution < 1.29 is 22.7 Å². The minimum absolute atomic E-state index is 0.0972.